The number of nitrogens with zero attached hydrogens (tertiary/aromatic N) is 1. The molecule has 1 fully saturated rings. The van der Waals surface area contributed by atoms with Crippen LogP contribution in [0.4, 0.5) is 9.18 Å². The molecular formula is C16H21FN2O3. The van der Waals surface area contributed by atoms with Crippen LogP contribution in [0.25, 0.3) is 0 Å². The van der Waals surface area contributed by atoms with Crippen molar-refractivity contribution in [2.75, 3.05) is 6.54 Å². The highest BCUT2D eigenvalue weighted by atomic mass is 19.1. The van der Waals surface area contributed by atoms with Crippen molar-refractivity contribution >= 4 is 11.9 Å². The molecule has 120 valence electrons. The highest BCUT2D eigenvalue weighted by molar-refractivity contribution is 6.07. The number of carbonyl (C=O) groups is 2. The fourth-order valence-electron chi connectivity index (χ4n) is 2.86. The molecule has 0 aliphatic carbocycles. The molecule has 1 aromatic rings. The predicted octanol–water partition coefficient (Wildman–Crippen LogP) is 2.28. The summed E-state index contributed by atoms with van der Waals surface area (Å²) in [7, 11) is 0. The number of hydrogen-bond acceptors (Lipinski definition) is 3. The summed E-state index contributed by atoms with van der Waals surface area (Å²) in [5.74, 6) is -0.708. The summed E-state index contributed by atoms with van der Waals surface area (Å²) in [5, 5.41) is 13.0. The van der Waals surface area contributed by atoms with Crippen LogP contribution in [0.3, 0.4) is 0 Å². The van der Waals surface area contributed by atoms with Crippen molar-refractivity contribution < 1.29 is 19.1 Å². The topological polar surface area (TPSA) is 69.6 Å². The van der Waals surface area contributed by atoms with Gasteiger partial charge in [-0.2, -0.15) is 0 Å². The number of nitrogens with one attached hydrogen (secondary N) is 1. The monoisotopic (exact) mass is 308 g/mol. The maximum Gasteiger partial charge on any atom is 0.325 e. The largest absolute Gasteiger partial charge is 0.387 e. The number of hydrogen-bond donors (Lipinski definition) is 2. The van der Waals surface area contributed by atoms with Crippen molar-refractivity contribution in [3.05, 3.63) is 35.1 Å². The lowest BCUT2D eigenvalue weighted by Crippen LogP contribution is -2.46. The quantitative estimate of drug-likeness (QED) is 0.820. The molecule has 0 bridgehead atoms. The minimum Gasteiger partial charge on any atom is -0.387 e. The summed E-state index contributed by atoms with van der Waals surface area (Å²) in [6.45, 7) is 5.21. The van der Waals surface area contributed by atoms with E-state index in [1.807, 2.05) is 13.8 Å². The molecule has 1 saturated heterocycles. The van der Waals surface area contributed by atoms with E-state index in [0.717, 1.165) is 4.90 Å². The lowest BCUT2D eigenvalue weighted by atomic mass is 9.93. The summed E-state index contributed by atoms with van der Waals surface area (Å²) >= 11 is 0. The highest BCUT2D eigenvalue weighted by Crippen LogP contribution is 2.27. The second-order valence-electron chi connectivity index (χ2n) is 5.65. The first-order valence-corrected chi connectivity index (χ1v) is 7.43. The molecule has 3 amide bonds. The maximum atomic E-state index is 13.1. The van der Waals surface area contributed by atoms with Gasteiger partial charge in [0.1, 0.15) is 11.4 Å². The van der Waals surface area contributed by atoms with Gasteiger partial charge >= 0.3 is 6.03 Å². The molecule has 5 nitrogen and oxygen atoms in total. The molecular weight excluding hydrogens is 287 g/mol. The van der Waals surface area contributed by atoms with Crippen LogP contribution in [0.1, 0.15) is 43.9 Å². The van der Waals surface area contributed by atoms with Gasteiger partial charge in [0.25, 0.3) is 5.91 Å². The van der Waals surface area contributed by atoms with E-state index in [9.17, 15) is 19.1 Å². The average Bonchev–Trinajstić information content (AvgIpc) is 2.71. The first-order valence-electron chi connectivity index (χ1n) is 7.43. The molecule has 1 heterocycles. The van der Waals surface area contributed by atoms with Gasteiger partial charge in [-0.25, -0.2) is 9.18 Å². The molecule has 2 N–H and O–H groups in total. The van der Waals surface area contributed by atoms with E-state index < -0.39 is 17.7 Å². The maximum absolute atomic E-state index is 13.1. The van der Waals surface area contributed by atoms with Gasteiger partial charge in [-0.3, -0.25) is 9.69 Å². The molecule has 1 aliphatic rings. The molecule has 1 atom stereocenters. The summed E-state index contributed by atoms with van der Waals surface area (Å²) in [4.78, 5) is 25.6. The lowest BCUT2D eigenvalue weighted by Gasteiger charge is -2.24. The number of aliphatic hydroxyl groups excluding tert-OH is 1. The predicted molar refractivity (Wildman–Crippen MR) is 79.7 cm³/mol. The number of urea groups is 1. The number of amides is 3. The van der Waals surface area contributed by atoms with Crippen LogP contribution in [-0.4, -0.2) is 34.0 Å². The number of β-amino-alcohol motifs (C(OH)–C–C–N with tert-alkyl or cyclic N) is 1. The molecule has 1 unspecified atom stereocenters. The van der Waals surface area contributed by atoms with Gasteiger partial charge in [0, 0.05) is 0 Å². The van der Waals surface area contributed by atoms with Crippen molar-refractivity contribution in [1.82, 2.24) is 10.2 Å². The Balaban J connectivity index is 2.20. The molecule has 0 radical (unpaired) electrons. The number of rotatable bonds is 5. The van der Waals surface area contributed by atoms with Gasteiger partial charge in [-0.1, -0.05) is 19.9 Å². The SMILES string of the molecule is CCC1(CC)NC(=O)N(CC(O)c2ccc(F)cc2C)C1=O. The van der Waals surface area contributed by atoms with E-state index in [4.69, 9.17) is 0 Å². The van der Waals surface area contributed by atoms with Crippen LogP contribution in [-0.2, 0) is 4.79 Å². The zero-order chi connectivity index (χ0) is 16.5. The summed E-state index contributed by atoms with van der Waals surface area (Å²) in [6, 6.07) is 3.54. The molecule has 2 rings (SSSR count). The van der Waals surface area contributed by atoms with E-state index in [0.29, 0.717) is 24.0 Å². The summed E-state index contributed by atoms with van der Waals surface area (Å²) < 4.78 is 13.1. The van der Waals surface area contributed by atoms with E-state index in [1.165, 1.54) is 18.2 Å². The van der Waals surface area contributed by atoms with E-state index >= 15 is 0 Å². The zero-order valence-corrected chi connectivity index (χ0v) is 13.0. The van der Waals surface area contributed by atoms with Crippen LogP contribution >= 0.6 is 0 Å². The van der Waals surface area contributed by atoms with Crippen molar-refractivity contribution in [2.24, 2.45) is 0 Å². The van der Waals surface area contributed by atoms with Crippen LogP contribution in [0, 0.1) is 12.7 Å². The van der Waals surface area contributed by atoms with Gasteiger partial charge in [0.15, 0.2) is 0 Å². The lowest BCUT2D eigenvalue weighted by molar-refractivity contribution is -0.132. The Morgan fingerprint density at radius 3 is 2.45 bits per heavy atom. The number of halogens is 1. The average molecular weight is 308 g/mol. The normalized spacial score (nSPS) is 18.5. The van der Waals surface area contributed by atoms with Gasteiger partial charge in [0.05, 0.1) is 12.6 Å². The van der Waals surface area contributed by atoms with Crippen LogP contribution < -0.4 is 5.32 Å². The van der Waals surface area contributed by atoms with E-state index in [1.54, 1.807) is 6.92 Å². The van der Waals surface area contributed by atoms with Gasteiger partial charge in [-0.15, -0.1) is 0 Å². The number of imide groups is 1. The van der Waals surface area contributed by atoms with Crippen LogP contribution in [0.2, 0.25) is 0 Å². The standard InChI is InChI=1S/C16H21FN2O3/c1-4-16(5-2)14(21)19(15(22)18-16)9-13(20)12-7-6-11(17)8-10(12)3/h6-8,13,20H,4-5,9H2,1-3H3,(H,18,22). The summed E-state index contributed by atoms with van der Waals surface area (Å²) in [6.07, 6.45) is -0.0493. The smallest absolute Gasteiger partial charge is 0.325 e. The van der Waals surface area contributed by atoms with Crippen molar-refractivity contribution in [2.45, 2.75) is 45.3 Å². The molecule has 1 aromatic carbocycles. The van der Waals surface area contributed by atoms with Crippen molar-refractivity contribution in [3.8, 4) is 0 Å². The van der Waals surface area contributed by atoms with Crippen molar-refractivity contribution in [3.63, 3.8) is 0 Å². The highest BCUT2D eigenvalue weighted by Gasteiger charge is 2.49. The minimum atomic E-state index is -1.04. The Bertz CT molecular complexity index is 599. The first kappa shape index (κ1) is 16.4. The third-order valence-electron chi connectivity index (χ3n) is 4.40. The number of aliphatic hydroxyl groups is 1. The number of benzene rings is 1. The van der Waals surface area contributed by atoms with Crippen LogP contribution in [0.5, 0.6) is 0 Å². The first-order chi connectivity index (χ1) is 10.3. The Labute approximate surface area is 129 Å². The molecule has 22 heavy (non-hydrogen) atoms. The Morgan fingerprint density at radius 1 is 1.32 bits per heavy atom. The van der Waals surface area contributed by atoms with Crippen LogP contribution in [0.15, 0.2) is 18.2 Å². The Morgan fingerprint density at radius 2 is 1.95 bits per heavy atom. The number of carbonyl (C=O) groups excluding carboxylic acids is 2. The fraction of sp³-hybridized carbons (Fsp3) is 0.500. The van der Waals surface area contributed by atoms with E-state index in [2.05, 4.69) is 5.32 Å². The molecule has 0 aromatic heterocycles. The van der Waals surface area contributed by atoms with Crippen molar-refractivity contribution in [1.29, 1.82) is 0 Å². The number of aryl methyl sites for hydroxylation is 1. The van der Waals surface area contributed by atoms with Gasteiger partial charge < -0.3 is 10.4 Å². The van der Waals surface area contributed by atoms with Gasteiger partial charge in [-0.05, 0) is 43.0 Å². The summed E-state index contributed by atoms with van der Waals surface area (Å²) in [5.41, 5.74) is 0.207. The molecule has 0 saturated carbocycles. The van der Waals surface area contributed by atoms with Gasteiger partial charge in [0.2, 0.25) is 0 Å². The molecule has 6 heteroatoms. The zero-order valence-electron chi connectivity index (χ0n) is 13.0. The Hall–Kier alpha value is -1.95. The van der Waals surface area contributed by atoms with E-state index in [-0.39, 0.29) is 18.3 Å². The second-order valence-corrected chi connectivity index (χ2v) is 5.65. The fourth-order valence-corrected chi connectivity index (χ4v) is 2.86. The minimum absolute atomic E-state index is 0.140. The third-order valence-corrected chi connectivity index (χ3v) is 4.40. The third kappa shape index (κ3) is 2.70. The molecule has 0 spiro atoms. The second kappa shape index (κ2) is 6.04. The Kier molecular flexibility index (Phi) is 4.51. The molecule has 1 aliphatic heterocycles.